The molecule has 0 spiro atoms. The highest BCUT2D eigenvalue weighted by atomic mass is 16.6. The Labute approximate surface area is 122 Å². The van der Waals surface area contributed by atoms with Crippen LogP contribution in [0.3, 0.4) is 0 Å². The molecule has 0 atom stereocenters. The van der Waals surface area contributed by atoms with Crippen LogP contribution in [0.2, 0.25) is 0 Å². The minimum absolute atomic E-state index is 0.184. The Hall–Kier alpha value is -4.06. The largest absolute Gasteiger partial charge is 0.504 e. The highest BCUT2D eigenvalue weighted by Crippen LogP contribution is 2.15. The van der Waals surface area contributed by atoms with Gasteiger partial charge in [-0.25, -0.2) is 0 Å². The fraction of sp³-hybridized carbons (Fsp3) is 0. The Morgan fingerprint density at radius 2 is 1.04 bits per heavy atom. The second-order valence-electron chi connectivity index (χ2n) is 3.46. The average molecular weight is 327 g/mol. The summed E-state index contributed by atoms with van der Waals surface area (Å²) < 4.78 is 0.368. The molecule has 0 aliphatic carbocycles. The van der Waals surface area contributed by atoms with Crippen LogP contribution in [0.15, 0.2) is 0 Å². The Morgan fingerprint density at radius 1 is 0.696 bits per heavy atom. The van der Waals surface area contributed by atoms with Crippen LogP contribution in [0.1, 0.15) is 0 Å². The van der Waals surface area contributed by atoms with Gasteiger partial charge >= 0.3 is 23.8 Å². The van der Waals surface area contributed by atoms with Crippen molar-refractivity contribution in [3.8, 4) is 0 Å². The van der Waals surface area contributed by atoms with Crippen LogP contribution in [0.5, 0.6) is 0 Å². The Bertz CT molecular complexity index is 770. The lowest BCUT2D eigenvalue weighted by Gasteiger charge is -2.04. The zero-order valence-corrected chi connectivity index (χ0v) is 10.3. The van der Waals surface area contributed by atoms with Gasteiger partial charge in [0.05, 0.1) is 0 Å². The molecule has 0 amide bonds. The van der Waals surface area contributed by atoms with Crippen molar-refractivity contribution in [1.29, 1.82) is 0 Å². The summed E-state index contributed by atoms with van der Waals surface area (Å²) in [5.41, 5.74) is 0. The molecule has 0 unspecified atom stereocenters. The predicted octanol–water partition coefficient (Wildman–Crippen LogP) is -1.57. The molecule has 2 aromatic rings. The normalized spacial score (nSPS) is 10.4. The van der Waals surface area contributed by atoms with Gasteiger partial charge in [-0.3, -0.25) is 9.19 Å². The summed E-state index contributed by atoms with van der Waals surface area (Å²) in [6.07, 6.45) is 0. The van der Waals surface area contributed by atoms with E-state index in [1.165, 1.54) is 0 Å². The molecule has 0 aromatic carbocycles. The minimum Gasteiger partial charge on any atom is -0.390 e. The molecule has 0 aliphatic heterocycles. The van der Waals surface area contributed by atoms with E-state index in [1.54, 1.807) is 0 Å². The van der Waals surface area contributed by atoms with E-state index in [4.69, 9.17) is 0 Å². The maximum atomic E-state index is 10.7. The molecule has 2 aromatic heterocycles. The topological polar surface area (TPSA) is 234 Å². The molecule has 0 aliphatic rings. The zero-order chi connectivity index (χ0) is 17.3. The van der Waals surface area contributed by atoms with Crippen LogP contribution in [-0.4, -0.2) is 56.6 Å². The third-order valence-electron chi connectivity index (χ3n) is 2.08. The second-order valence-corrected chi connectivity index (χ2v) is 3.46. The molecule has 0 bridgehead atoms. The van der Waals surface area contributed by atoms with E-state index in [2.05, 4.69) is 20.2 Å². The van der Waals surface area contributed by atoms with Crippen molar-refractivity contribution in [1.82, 2.24) is 29.4 Å². The van der Waals surface area contributed by atoms with Gasteiger partial charge in [0.2, 0.25) is 7.55 Å². The van der Waals surface area contributed by atoms with Gasteiger partial charge in [-0.1, -0.05) is 0 Å². The van der Waals surface area contributed by atoms with Crippen LogP contribution in [0.25, 0.3) is 0 Å². The molecular weight excluding hydrogens is 327 g/mol. The van der Waals surface area contributed by atoms with Gasteiger partial charge < -0.3 is 40.5 Å². The molecule has 18 nitrogen and oxygen atoms in total. The highest BCUT2D eigenvalue weighted by Gasteiger charge is 2.28. The lowest BCUT2D eigenvalue weighted by molar-refractivity contribution is -0.403. The molecule has 2 rings (SSSR count). The average Bonchev–Trinajstić information content (AvgIpc) is 3.03. The summed E-state index contributed by atoms with van der Waals surface area (Å²) in [6, 6.07) is 0. The first-order valence-corrected chi connectivity index (χ1v) is 5.06. The molecule has 23 heavy (non-hydrogen) atoms. The highest BCUT2D eigenvalue weighted by molar-refractivity contribution is 6.32. The summed E-state index contributed by atoms with van der Waals surface area (Å²) >= 11 is 0. The van der Waals surface area contributed by atoms with E-state index >= 15 is 0 Å². The first-order chi connectivity index (χ1) is 10.7. The molecule has 19 heteroatoms. The molecule has 0 saturated heterocycles. The third-order valence-corrected chi connectivity index (χ3v) is 2.08. The Morgan fingerprint density at radius 3 is 1.30 bits per heavy atom. The van der Waals surface area contributed by atoms with Gasteiger partial charge in [0.1, 0.15) is 0 Å². The van der Waals surface area contributed by atoms with E-state index in [-0.39, 0.29) is 9.19 Å². The minimum atomic E-state index is -1.16. The SMILES string of the molecule is O=[N+]([O-])c1nc([N+](=O)[O-])n([B-]n2nc([N+](=O)[O-])nc2[N+](=O)[O-])n1. The second kappa shape index (κ2) is 5.38. The van der Waals surface area contributed by atoms with Crippen LogP contribution in [0, 0.1) is 40.5 Å². The molecular formula is C4BN10O8-. The van der Waals surface area contributed by atoms with Crippen molar-refractivity contribution in [2.45, 2.75) is 0 Å². The summed E-state index contributed by atoms with van der Waals surface area (Å²) in [6.45, 7) is 0. The van der Waals surface area contributed by atoms with E-state index in [0.717, 1.165) is 0 Å². The quantitative estimate of drug-likeness (QED) is 0.332. The van der Waals surface area contributed by atoms with Gasteiger partial charge in [0.25, 0.3) is 0 Å². The lowest BCUT2D eigenvalue weighted by Crippen LogP contribution is -2.22. The number of hydrogen-bond donors (Lipinski definition) is 0. The first-order valence-electron chi connectivity index (χ1n) is 5.06. The van der Waals surface area contributed by atoms with Crippen molar-refractivity contribution >= 4 is 31.3 Å². The number of nitro groups is 4. The van der Waals surface area contributed by atoms with Crippen molar-refractivity contribution < 1.29 is 19.7 Å². The molecule has 0 fully saturated rings. The van der Waals surface area contributed by atoms with Gasteiger partial charge in [-0.2, -0.15) is 0 Å². The fourth-order valence-electron chi connectivity index (χ4n) is 1.27. The van der Waals surface area contributed by atoms with Crippen LogP contribution in [-0.2, 0) is 0 Å². The molecule has 0 N–H and O–H groups in total. The van der Waals surface area contributed by atoms with Gasteiger partial charge in [-0.15, -0.1) is 0 Å². The Kier molecular flexibility index (Phi) is 3.59. The fourth-order valence-corrected chi connectivity index (χ4v) is 1.27. The zero-order valence-electron chi connectivity index (χ0n) is 10.3. The summed E-state index contributed by atoms with van der Waals surface area (Å²) in [4.78, 5) is 43.8. The summed E-state index contributed by atoms with van der Waals surface area (Å²) in [5, 5.41) is 48.7. The van der Waals surface area contributed by atoms with Gasteiger partial charge in [0, 0.05) is 20.2 Å². The van der Waals surface area contributed by atoms with Gasteiger partial charge in [0.15, 0.2) is 0 Å². The molecule has 2 radical (unpaired) electrons. The van der Waals surface area contributed by atoms with E-state index in [9.17, 15) is 40.5 Å². The maximum Gasteiger partial charge on any atom is 0.504 e. The number of hydrogen-bond acceptors (Lipinski definition) is 12. The van der Waals surface area contributed by atoms with E-state index in [1.807, 2.05) is 0 Å². The predicted molar refractivity (Wildman–Crippen MR) is 63.2 cm³/mol. The Balaban J connectivity index is 2.50. The molecule has 2 heterocycles. The first kappa shape index (κ1) is 15.3. The smallest absolute Gasteiger partial charge is 0.390 e. The molecule has 0 saturated carbocycles. The lowest BCUT2D eigenvalue weighted by atomic mass is 10.2. The van der Waals surface area contributed by atoms with Crippen LogP contribution in [0.4, 0.5) is 23.8 Å². The number of rotatable bonds is 6. The third kappa shape index (κ3) is 2.86. The van der Waals surface area contributed by atoms with Crippen LogP contribution >= 0.6 is 0 Å². The van der Waals surface area contributed by atoms with Crippen molar-refractivity contribution in [2.75, 3.05) is 0 Å². The number of aromatic nitrogens is 6. The van der Waals surface area contributed by atoms with Crippen molar-refractivity contribution in [2.24, 2.45) is 0 Å². The maximum absolute atomic E-state index is 10.7. The number of nitrogens with zero attached hydrogens (tertiary/aromatic N) is 10. The monoisotopic (exact) mass is 327 g/mol. The van der Waals surface area contributed by atoms with Gasteiger partial charge in [-0.05, 0) is 19.7 Å². The van der Waals surface area contributed by atoms with E-state index in [0.29, 0.717) is 7.55 Å². The van der Waals surface area contributed by atoms with Crippen molar-refractivity contribution in [3.63, 3.8) is 0 Å². The molecule has 118 valence electrons. The summed E-state index contributed by atoms with van der Waals surface area (Å²) in [5.74, 6) is -4.65. The summed E-state index contributed by atoms with van der Waals surface area (Å²) in [7, 11) is 0.413. The van der Waals surface area contributed by atoms with Crippen LogP contribution < -0.4 is 0 Å². The van der Waals surface area contributed by atoms with E-state index < -0.39 is 43.5 Å². The standard InChI is InChI=1S/C4BN10O8/c16-12(17)1-6-3(14(20)21)10(8-1)5-11-4(15(22)23)7-2(9-11)13(18)19/q-1. The van der Waals surface area contributed by atoms with Crippen molar-refractivity contribution in [3.05, 3.63) is 40.5 Å².